The summed E-state index contributed by atoms with van der Waals surface area (Å²) in [4.78, 5) is 23.7. The number of amides is 1. The van der Waals surface area contributed by atoms with Crippen molar-refractivity contribution >= 4 is 17.5 Å². The summed E-state index contributed by atoms with van der Waals surface area (Å²) >= 11 is 0. The highest BCUT2D eigenvalue weighted by Crippen LogP contribution is 2.32. The molecular formula is C19H24N4O. The van der Waals surface area contributed by atoms with Gasteiger partial charge in [0.2, 0.25) is 5.95 Å². The lowest BCUT2D eigenvalue weighted by Crippen LogP contribution is -2.36. The molecule has 1 amide bonds. The molecule has 0 radical (unpaired) electrons. The largest absolute Gasteiger partial charge is 0.354 e. The second-order valence-corrected chi connectivity index (χ2v) is 6.36. The van der Waals surface area contributed by atoms with Gasteiger partial charge in [-0.05, 0) is 44.4 Å². The minimum atomic E-state index is -0.0588. The van der Waals surface area contributed by atoms with E-state index in [9.17, 15) is 4.79 Å². The Bertz CT molecular complexity index is 744. The molecule has 2 aromatic rings. The van der Waals surface area contributed by atoms with Crippen LogP contribution in [0, 0.1) is 6.92 Å². The number of anilines is 2. The van der Waals surface area contributed by atoms with E-state index >= 15 is 0 Å². The van der Waals surface area contributed by atoms with E-state index in [0.29, 0.717) is 11.6 Å². The SMILES string of the molecule is CCCCNc1nc(C)cc(C(=O)N2c3ccccc3CC2C)n1. The molecule has 1 N–H and O–H groups in total. The number of aryl methyl sites for hydroxylation is 1. The second-order valence-electron chi connectivity index (χ2n) is 6.36. The third kappa shape index (κ3) is 3.25. The van der Waals surface area contributed by atoms with Crippen molar-refractivity contribution in [3.05, 3.63) is 47.3 Å². The van der Waals surface area contributed by atoms with Gasteiger partial charge in [0.1, 0.15) is 5.69 Å². The Labute approximate surface area is 143 Å². The van der Waals surface area contributed by atoms with E-state index in [1.807, 2.05) is 30.0 Å². The molecule has 5 nitrogen and oxygen atoms in total. The van der Waals surface area contributed by atoms with Crippen molar-refractivity contribution in [2.24, 2.45) is 0 Å². The first kappa shape index (κ1) is 16.4. The maximum absolute atomic E-state index is 13.1. The number of hydrogen-bond donors (Lipinski definition) is 1. The number of nitrogens with one attached hydrogen (secondary N) is 1. The summed E-state index contributed by atoms with van der Waals surface area (Å²) in [7, 11) is 0. The number of rotatable bonds is 5. The Hall–Kier alpha value is -2.43. The fourth-order valence-electron chi connectivity index (χ4n) is 3.13. The monoisotopic (exact) mass is 324 g/mol. The lowest BCUT2D eigenvalue weighted by Gasteiger charge is -2.22. The molecule has 126 valence electrons. The number of unbranched alkanes of at least 4 members (excludes halogenated alkanes) is 1. The van der Waals surface area contributed by atoms with Crippen molar-refractivity contribution in [3.8, 4) is 0 Å². The Morgan fingerprint density at radius 3 is 2.92 bits per heavy atom. The van der Waals surface area contributed by atoms with E-state index in [1.165, 1.54) is 5.56 Å². The van der Waals surface area contributed by atoms with Gasteiger partial charge in [0.15, 0.2) is 0 Å². The predicted molar refractivity (Wildman–Crippen MR) is 96.6 cm³/mol. The highest BCUT2D eigenvalue weighted by molar-refractivity contribution is 6.06. The van der Waals surface area contributed by atoms with Gasteiger partial charge in [-0.25, -0.2) is 9.97 Å². The zero-order chi connectivity index (χ0) is 17.1. The molecule has 0 bridgehead atoms. The van der Waals surface area contributed by atoms with Crippen molar-refractivity contribution in [3.63, 3.8) is 0 Å². The van der Waals surface area contributed by atoms with E-state index in [1.54, 1.807) is 6.07 Å². The average Bonchev–Trinajstić information content (AvgIpc) is 2.89. The molecule has 1 unspecified atom stereocenters. The zero-order valence-corrected chi connectivity index (χ0v) is 14.5. The first-order valence-corrected chi connectivity index (χ1v) is 8.61. The maximum atomic E-state index is 13.1. The molecule has 0 fully saturated rings. The molecule has 0 saturated heterocycles. The van der Waals surface area contributed by atoms with Crippen LogP contribution in [0.5, 0.6) is 0 Å². The third-order valence-corrected chi connectivity index (χ3v) is 4.31. The highest BCUT2D eigenvalue weighted by atomic mass is 16.2. The van der Waals surface area contributed by atoms with Gasteiger partial charge in [0.25, 0.3) is 5.91 Å². The number of benzene rings is 1. The number of aromatic nitrogens is 2. The van der Waals surface area contributed by atoms with E-state index < -0.39 is 0 Å². The minimum absolute atomic E-state index is 0.0588. The lowest BCUT2D eigenvalue weighted by molar-refractivity contribution is 0.0976. The Kier molecular flexibility index (Phi) is 4.79. The summed E-state index contributed by atoms with van der Waals surface area (Å²) < 4.78 is 0. The third-order valence-electron chi connectivity index (χ3n) is 4.31. The van der Waals surface area contributed by atoms with E-state index in [4.69, 9.17) is 0 Å². The van der Waals surface area contributed by atoms with Crippen molar-refractivity contribution in [1.29, 1.82) is 0 Å². The van der Waals surface area contributed by atoms with Crippen LogP contribution >= 0.6 is 0 Å². The fraction of sp³-hybridized carbons (Fsp3) is 0.421. The lowest BCUT2D eigenvalue weighted by atomic mass is 10.1. The van der Waals surface area contributed by atoms with Crippen LogP contribution in [0.25, 0.3) is 0 Å². The van der Waals surface area contributed by atoms with Gasteiger partial charge < -0.3 is 10.2 Å². The van der Waals surface area contributed by atoms with Crippen LogP contribution in [-0.2, 0) is 6.42 Å². The normalized spacial score (nSPS) is 16.1. The average molecular weight is 324 g/mol. The van der Waals surface area contributed by atoms with Gasteiger partial charge in [-0.3, -0.25) is 4.79 Å². The van der Waals surface area contributed by atoms with Crippen molar-refractivity contribution in [2.45, 2.75) is 46.1 Å². The van der Waals surface area contributed by atoms with Crippen molar-refractivity contribution in [1.82, 2.24) is 9.97 Å². The van der Waals surface area contributed by atoms with Crippen LogP contribution in [-0.4, -0.2) is 28.5 Å². The second kappa shape index (κ2) is 6.99. The van der Waals surface area contributed by atoms with Gasteiger partial charge in [-0.15, -0.1) is 0 Å². The summed E-state index contributed by atoms with van der Waals surface area (Å²) in [5.74, 6) is 0.475. The van der Waals surface area contributed by atoms with Gasteiger partial charge >= 0.3 is 0 Å². The van der Waals surface area contributed by atoms with E-state index in [2.05, 4.69) is 35.2 Å². The van der Waals surface area contributed by atoms with Crippen LogP contribution in [0.3, 0.4) is 0 Å². The van der Waals surface area contributed by atoms with Crippen LogP contribution < -0.4 is 10.2 Å². The topological polar surface area (TPSA) is 58.1 Å². The number of hydrogen-bond acceptors (Lipinski definition) is 4. The van der Waals surface area contributed by atoms with Crippen LogP contribution in [0.4, 0.5) is 11.6 Å². The molecule has 1 aliphatic heterocycles. The molecule has 1 aromatic carbocycles. The zero-order valence-electron chi connectivity index (χ0n) is 14.5. The molecular weight excluding hydrogens is 300 g/mol. The molecule has 3 rings (SSSR count). The molecule has 0 spiro atoms. The standard InChI is InChI=1S/C19H24N4O/c1-4-5-10-20-19-21-13(2)11-16(22-19)18(24)23-14(3)12-15-8-6-7-9-17(15)23/h6-9,11,14H,4-5,10,12H2,1-3H3,(H,20,21,22). The van der Waals surface area contributed by atoms with Gasteiger partial charge in [-0.1, -0.05) is 31.5 Å². The van der Waals surface area contributed by atoms with Gasteiger partial charge in [0.05, 0.1) is 0 Å². The summed E-state index contributed by atoms with van der Waals surface area (Å²) in [6.07, 6.45) is 3.04. The Balaban J connectivity index is 1.87. The van der Waals surface area contributed by atoms with Gasteiger partial charge in [-0.2, -0.15) is 0 Å². The molecule has 1 aromatic heterocycles. The van der Waals surface area contributed by atoms with Crippen LogP contribution in [0.2, 0.25) is 0 Å². The molecule has 5 heteroatoms. The van der Waals surface area contributed by atoms with Crippen molar-refractivity contribution in [2.75, 3.05) is 16.8 Å². The Morgan fingerprint density at radius 2 is 2.12 bits per heavy atom. The first-order valence-electron chi connectivity index (χ1n) is 8.61. The number of carbonyl (C=O) groups is 1. The summed E-state index contributed by atoms with van der Waals surface area (Å²) in [6.45, 7) is 6.92. The minimum Gasteiger partial charge on any atom is -0.354 e. The maximum Gasteiger partial charge on any atom is 0.277 e. The quantitative estimate of drug-likeness (QED) is 0.854. The van der Waals surface area contributed by atoms with E-state index in [-0.39, 0.29) is 11.9 Å². The molecule has 1 aliphatic rings. The molecule has 0 saturated carbocycles. The summed E-state index contributed by atoms with van der Waals surface area (Å²) in [6, 6.07) is 9.99. The van der Waals surface area contributed by atoms with Gasteiger partial charge in [0, 0.05) is 24.0 Å². The number of carbonyl (C=O) groups excluding carboxylic acids is 1. The summed E-state index contributed by atoms with van der Waals surface area (Å²) in [5.41, 5.74) is 3.45. The van der Waals surface area contributed by atoms with Crippen LogP contribution in [0.1, 0.15) is 48.4 Å². The molecule has 0 aliphatic carbocycles. The van der Waals surface area contributed by atoms with Crippen LogP contribution in [0.15, 0.2) is 30.3 Å². The number of nitrogens with zero attached hydrogens (tertiary/aromatic N) is 3. The Morgan fingerprint density at radius 1 is 1.33 bits per heavy atom. The predicted octanol–water partition coefficient (Wildman–Crippen LogP) is 3.59. The number of para-hydroxylation sites is 1. The molecule has 2 heterocycles. The first-order chi connectivity index (χ1) is 11.6. The highest BCUT2D eigenvalue weighted by Gasteiger charge is 2.32. The van der Waals surface area contributed by atoms with Crippen molar-refractivity contribution < 1.29 is 4.79 Å². The smallest absolute Gasteiger partial charge is 0.277 e. The molecule has 24 heavy (non-hydrogen) atoms. The summed E-state index contributed by atoms with van der Waals surface area (Å²) in [5, 5.41) is 3.21. The fourth-order valence-corrected chi connectivity index (χ4v) is 3.13. The van der Waals surface area contributed by atoms with E-state index in [0.717, 1.165) is 37.2 Å². The number of fused-ring (bicyclic) bond motifs is 1. The molecule has 1 atom stereocenters.